The van der Waals surface area contributed by atoms with E-state index < -0.39 is 10.0 Å². The Hall–Kier alpha value is -3.98. The summed E-state index contributed by atoms with van der Waals surface area (Å²) in [5, 5.41) is 1.13. The van der Waals surface area contributed by atoms with Crippen molar-refractivity contribution in [2.45, 2.75) is 6.92 Å². The van der Waals surface area contributed by atoms with E-state index in [9.17, 15) is 8.42 Å². The second-order valence-corrected chi connectivity index (χ2v) is 8.11. The molecule has 0 radical (unpaired) electrons. The molecule has 0 amide bonds. The molecule has 9 heteroatoms. The van der Waals surface area contributed by atoms with Crippen molar-refractivity contribution in [3.63, 3.8) is 0 Å². The maximum atomic E-state index is 12.3. The minimum Gasteiger partial charge on any atom is -0.439 e. The van der Waals surface area contributed by atoms with Gasteiger partial charge in [0.25, 0.3) is 10.0 Å². The van der Waals surface area contributed by atoms with Crippen LogP contribution in [0.3, 0.4) is 0 Å². The van der Waals surface area contributed by atoms with Crippen molar-refractivity contribution in [1.82, 2.24) is 19.5 Å². The first-order valence-electron chi connectivity index (χ1n) is 9.35. The van der Waals surface area contributed by atoms with Crippen molar-refractivity contribution in [1.29, 1.82) is 0 Å². The molecule has 0 unspecified atom stereocenters. The third-order valence-electron chi connectivity index (χ3n) is 4.28. The molecule has 0 aliphatic carbocycles. The van der Waals surface area contributed by atoms with Crippen molar-refractivity contribution in [2.75, 3.05) is 4.72 Å². The van der Waals surface area contributed by atoms with Gasteiger partial charge in [-0.05, 0) is 42.8 Å². The Morgan fingerprint density at radius 2 is 1.77 bits per heavy atom. The number of nitrogens with zero attached hydrogens (tertiary/aromatic N) is 4. The molecule has 0 aliphatic heterocycles. The van der Waals surface area contributed by atoms with E-state index in [1.165, 1.54) is 12.4 Å². The molecule has 2 aromatic heterocycles. The molecule has 156 valence electrons. The van der Waals surface area contributed by atoms with Crippen LogP contribution in [0.1, 0.15) is 11.4 Å². The lowest BCUT2D eigenvalue weighted by Crippen LogP contribution is -2.08. The predicted molar refractivity (Wildman–Crippen MR) is 118 cm³/mol. The van der Waals surface area contributed by atoms with Crippen LogP contribution in [0, 0.1) is 6.92 Å². The summed E-state index contributed by atoms with van der Waals surface area (Å²) in [4.78, 5) is 12.5. The Morgan fingerprint density at radius 1 is 1.00 bits per heavy atom. The van der Waals surface area contributed by atoms with E-state index in [2.05, 4.69) is 19.7 Å². The molecule has 0 saturated heterocycles. The molecule has 8 nitrogen and oxygen atoms in total. The standard InChI is InChI=1S/C22H19N5O3S/c1-17-23-12-13-27(17)21-15-22(25-16-24-21)30-20-9-7-19(8-10-20)26-31(28,29)14-11-18-5-3-2-4-6-18/h2-16,26H,1H3/b14-11+. The number of nitrogens with one attached hydrogen (secondary N) is 1. The van der Waals surface area contributed by atoms with Crippen LogP contribution in [0.15, 0.2) is 84.8 Å². The first-order valence-corrected chi connectivity index (χ1v) is 10.9. The Morgan fingerprint density at radius 3 is 2.48 bits per heavy atom. The van der Waals surface area contributed by atoms with Gasteiger partial charge in [0.2, 0.25) is 5.88 Å². The van der Waals surface area contributed by atoms with E-state index in [-0.39, 0.29) is 0 Å². The number of rotatable bonds is 7. The van der Waals surface area contributed by atoms with Gasteiger partial charge in [-0.25, -0.2) is 23.4 Å². The molecule has 2 heterocycles. The highest BCUT2D eigenvalue weighted by Crippen LogP contribution is 2.23. The first kappa shape index (κ1) is 20.3. The summed E-state index contributed by atoms with van der Waals surface area (Å²) in [5.74, 6) is 2.30. The number of anilines is 1. The highest BCUT2D eigenvalue weighted by molar-refractivity contribution is 7.95. The van der Waals surface area contributed by atoms with E-state index in [1.54, 1.807) is 42.7 Å². The maximum absolute atomic E-state index is 12.3. The average molecular weight is 433 g/mol. The number of imidazole rings is 1. The van der Waals surface area contributed by atoms with Crippen molar-refractivity contribution in [3.8, 4) is 17.4 Å². The number of aryl methyl sites for hydroxylation is 1. The summed E-state index contributed by atoms with van der Waals surface area (Å²) in [6.07, 6.45) is 6.43. The van der Waals surface area contributed by atoms with Crippen LogP contribution < -0.4 is 9.46 Å². The summed E-state index contributed by atoms with van der Waals surface area (Å²) in [5.41, 5.74) is 1.22. The Bertz CT molecular complexity index is 1300. The van der Waals surface area contributed by atoms with Gasteiger partial charge in [-0.2, -0.15) is 0 Å². The zero-order chi connectivity index (χ0) is 21.7. The summed E-state index contributed by atoms with van der Waals surface area (Å²) in [6, 6.07) is 17.4. The monoisotopic (exact) mass is 433 g/mol. The number of aromatic nitrogens is 4. The van der Waals surface area contributed by atoms with Gasteiger partial charge in [-0.1, -0.05) is 30.3 Å². The number of hydrogen-bond acceptors (Lipinski definition) is 6. The molecular weight excluding hydrogens is 414 g/mol. The SMILES string of the molecule is Cc1nccn1-c1cc(Oc2ccc(NS(=O)(=O)/C=C/c3ccccc3)cc2)ncn1. The lowest BCUT2D eigenvalue weighted by atomic mass is 10.2. The third-order valence-corrected chi connectivity index (χ3v) is 5.29. The fourth-order valence-corrected chi connectivity index (χ4v) is 3.65. The molecule has 4 rings (SSSR count). The molecule has 0 aliphatic rings. The molecule has 2 aromatic carbocycles. The zero-order valence-electron chi connectivity index (χ0n) is 16.6. The van der Waals surface area contributed by atoms with Crippen molar-refractivity contribution >= 4 is 21.8 Å². The topological polar surface area (TPSA) is 99.0 Å². The normalized spacial score (nSPS) is 11.5. The maximum Gasteiger partial charge on any atom is 0.255 e. The van der Waals surface area contributed by atoms with Crippen LogP contribution in [-0.2, 0) is 10.0 Å². The van der Waals surface area contributed by atoms with E-state index in [0.717, 1.165) is 16.8 Å². The summed E-state index contributed by atoms with van der Waals surface area (Å²) < 4.78 is 34.6. The number of hydrogen-bond donors (Lipinski definition) is 1. The predicted octanol–water partition coefficient (Wildman–Crippen LogP) is 4.18. The average Bonchev–Trinajstić information content (AvgIpc) is 3.20. The van der Waals surface area contributed by atoms with Crippen molar-refractivity contribution < 1.29 is 13.2 Å². The Balaban J connectivity index is 1.43. The quantitative estimate of drug-likeness (QED) is 0.470. The highest BCUT2D eigenvalue weighted by atomic mass is 32.2. The van der Waals surface area contributed by atoms with Gasteiger partial charge in [0.15, 0.2) is 0 Å². The van der Waals surface area contributed by atoms with Gasteiger partial charge in [0.1, 0.15) is 23.7 Å². The fraction of sp³-hybridized carbons (Fsp3) is 0.0455. The second kappa shape index (κ2) is 8.80. The molecule has 0 atom stereocenters. The van der Waals surface area contributed by atoms with Crippen LogP contribution in [0.2, 0.25) is 0 Å². The molecule has 0 bridgehead atoms. The van der Waals surface area contributed by atoms with E-state index >= 15 is 0 Å². The minimum atomic E-state index is -3.64. The zero-order valence-corrected chi connectivity index (χ0v) is 17.4. The lowest BCUT2D eigenvalue weighted by Gasteiger charge is -2.09. The van der Waals surface area contributed by atoms with Crippen LogP contribution in [0.25, 0.3) is 11.9 Å². The van der Waals surface area contributed by atoms with Gasteiger partial charge < -0.3 is 4.74 Å². The minimum absolute atomic E-state index is 0.359. The van der Waals surface area contributed by atoms with Crippen molar-refractivity contribution in [2.24, 2.45) is 0 Å². The first-order chi connectivity index (χ1) is 15.0. The second-order valence-electron chi connectivity index (χ2n) is 6.55. The van der Waals surface area contributed by atoms with Crippen LogP contribution in [0.4, 0.5) is 5.69 Å². The molecule has 0 spiro atoms. The summed E-state index contributed by atoms with van der Waals surface area (Å²) >= 11 is 0. The molecule has 1 N–H and O–H groups in total. The fourth-order valence-electron chi connectivity index (χ4n) is 2.78. The van der Waals surface area contributed by atoms with E-state index in [1.807, 2.05) is 41.8 Å². The highest BCUT2D eigenvalue weighted by Gasteiger charge is 2.08. The largest absolute Gasteiger partial charge is 0.439 e. The molecular formula is C22H19N5O3S. The number of ether oxygens (including phenoxy) is 1. The molecule has 0 fully saturated rings. The number of sulfonamides is 1. The van der Waals surface area contributed by atoms with Crippen LogP contribution in [-0.4, -0.2) is 27.9 Å². The van der Waals surface area contributed by atoms with E-state index in [0.29, 0.717) is 23.1 Å². The van der Waals surface area contributed by atoms with Gasteiger partial charge >= 0.3 is 0 Å². The Kier molecular flexibility index (Phi) is 5.76. The Labute approximate surface area is 180 Å². The van der Waals surface area contributed by atoms with E-state index in [4.69, 9.17) is 4.74 Å². The smallest absolute Gasteiger partial charge is 0.255 e. The van der Waals surface area contributed by atoms with Gasteiger partial charge in [0, 0.05) is 24.1 Å². The van der Waals surface area contributed by atoms with Gasteiger partial charge in [0.05, 0.1) is 5.41 Å². The summed E-state index contributed by atoms with van der Waals surface area (Å²) in [7, 11) is -3.64. The van der Waals surface area contributed by atoms with Gasteiger partial charge in [-0.15, -0.1) is 0 Å². The molecule has 0 saturated carbocycles. The lowest BCUT2D eigenvalue weighted by molar-refractivity contribution is 0.461. The third kappa shape index (κ3) is 5.34. The molecule has 4 aromatic rings. The van der Waals surface area contributed by atoms with Crippen molar-refractivity contribution in [3.05, 3.63) is 96.2 Å². The molecule has 31 heavy (non-hydrogen) atoms. The number of benzene rings is 2. The van der Waals surface area contributed by atoms with Crippen LogP contribution >= 0.6 is 0 Å². The summed E-state index contributed by atoms with van der Waals surface area (Å²) in [6.45, 7) is 1.87. The van der Waals surface area contributed by atoms with Gasteiger partial charge in [-0.3, -0.25) is 9.29 Å². The van der Waals surface area contributed by atoms with Crippen LogP contribution in [0.5, 0.6) is 11.6 Å².